The summed E-state index contributed by atoms with van der Waals surface area (Å²) in [4.78, 5) is 15.8. The normalized spacial score (nSPS) is 15.2. The number of carbonyl (C=O) groups excluding carboxylic acids is 1. The maximum absolute atomic E-state index is 12.5. The van der Waals surface area contributed by atoms with Gasteiger partial charge in [-0.2, -0.15) is 0 Å². The van der Waals surface area contributed by atoms with E-state index in [0.29, 0.717) is 18.3 Å². The molecule has 1 aliphatic rings. The van der Waals surface area contributed by atoms with Crippen molar-refractivity contribution >= 4 is 5.91 Å². The van der Waals surface area contributed by atoms with Gasteiger partial charge >= 0.3 is 0 Å². The van der Waals surface area contributed by atoms with Crippen LogP contribution in [0.25, 0.3) is 11.5 Å². The predicted octanol–water partition coefficient (Wildman–Crippen LogP) is 1.28. The lowest BCUT2D eigenvalue weighted by Gasteiger charge is -2.31. The van der Waals surface area contributed by atoms with Crippen LogP contribution in [0.15, 0.2) is 65.1 Å². The number of piperazine rings is 1. The van der Waals surface area contributed by atoms with E-state index >= 15 is 0 Å². The fraction of sp³-hybridized carbons (Fsp3) is 0.250. The number of carbonyl (C=O) groups is 1. The first-order valence-corrected chi connectivity index (χ1v) is 8.85. The van der Waals surface area contributed by atoms with E-state index in [1.54, 1.807) is 0 Å². The van der Waals surface area contributed by atoms with Crippen LogP contribution in [-0.2, 0) is 6.54 Å². The highest BCUT2D eigenvalue weighted by Gasteiger charge is 2.25. The lowest BCUT2D eigenvalue weighted by Crippen LogP contribution is -3.13. The van der Waals surface area contributed by atoms with E-state index in [1.165, 1.54) is 4.90 Å². The third-order valence-electron chi connectivity index (χ3n) is 4.67. The van der Waals surface area contributed by atoms with E-state index in [1.807, 2.05) is 65.6 Å². The van der Waals surface area contributed by atoms with Gasteiger partial charge in [0.1, 0.15) is 0 Å². The van der Waals surface area contributed by atoms with Crippen LogP contribution in [0.4, 0.5) is 0 Å². The Balaban J connectivity index is 1.33. The van der Waals surface area contributed by atoms with Crippen LogP contribution in [0.3, 0.4) is 0 Å². The Bertz CT molecular complexity index is 856. The zero-order valence-corrected chi connectivity index (χ0v) is 14.5. The van der Waals surface area contributed by atoms with Gasteiger partial charge in [-0.25, -0.2) is 0 Å². The van der Waals surface area contributed by atoms with E-state index in [4.69, 9.17) is 4.42 Å². The summed E-state index contributed by atoms with van der Waals surface area (Å²) in [7, 11) is 0. The molecule has 1 saturated heterocycles. The van der Waals surface area contributed by atoms with E-state index in [-0.39, 0.29) is 5.91 Å². The molecule has 0 spiro atoms. The van der Waals surface area contributed by atoms with Crippen molar-refractivity contribution in [1.29, 1.82) is 0 Å². The molecule has 1 aromatic heterocycles. The minimum atomic E-state index is 0.105. The predicted molar refractivity (Wildman–Crippen MR) is 96.5 cm³/mol. The molecule has 2 aromatic carbocycles. The average Bonchev–Trinajstić information content (AvgIpc) is 3.18. The van der Waals surface area contributed by atoms with Crippen molar-refractivity contribution in [1.82, 2.24) is 15.1 Å². The molecule has 2 heterocycles. The molecule has 4 rings (SSSR count). The number of nitrogens with one attached hydrogen (secondary N) is 1. The smallest absolute Gasteiger partial charge is 0.271 e. The number of nitrogens with zero attached hydrogens (tertiary/aromatic N) is 3. The maximum Gasteiger partial charge on any atom is 0.271 e. The highest BCUT2D eigenvalue weighted by atomic mass is 16.4. The van der Waals surface area contributed by atoms with Gasteiger partial charge in [0.25, 0.3) is 11.8 Å². The largest absolute Gasteiger partial charge is 0.415 e. The average molecular weight is 349 g/mol. The number of hydrogen-bond donors (Lipinski definition) is 1. The molecular weight excluding hydrogens is 328 g/mol. The van der Waals surface area contributed by atoms with Crippen molar-refractivity contribution in [3.05, 3.63) is 72.1 Å². The van der Waals surface area contributed by atoms with Gasteiger partial charge in [-0.05, 0) is 24.3 Å². The topological polar surface area (TPSA) is 63.7 Å². The van der Waals surface area contributed by atoms with Gasteiger partial charge in [0.2, 0.25) is 5.89 Å². The molecule has 6 heteroatoms. The molecule has 0 bridgehead atoms. The van der Waals surface area contributed by atoms with Gasteiger partial charge < -0.3 is 14.2 Å². The van der Waals surface area contributed by atoms with E-state index in [2.05, 4.69) is 10.2 Å². The number of aromatic nitrogens is 2. The number of quaternary nitrogens is 1. The Morgan fingerprint density at radius 3 is 2.31 bits per heavy atom. The van der Waals surface area contributed by atoms with Crippen LogP contribution in [0.2, 0.25) is 0 Å². The van der Waals surface area contributed by atoms with Crippen molar-refractivity contribution < 1.29 is 14.1 Å². The van der Waals surface area contributed by atoms with Gasteiger partial charge in [-0.1, -0.05) is 36.4 Å². The Labute approximate surface area is 152 Å². The Morgan fingerprint density at radius 1 is 0.962 bits per heavy atom. The minimum Gasteiger partial charge on any atom is -0.415 e. The summed E-state index contributed by atoms with van der Waals surface area (Å²) < 4.78 is 5.79. The van der Waals surface area contributed by atoms with E-state index in [0.717, 1.165) is 37.3 Å². The first-order valence-electron chi connectivity index (χ1n) is 8.85. The van der Waals surface area contributed by atoms with Crippen LogP contribution < -0.4 is 4.90 Å². The molecule has 3 aromatic rings. The summed E-state index contributed by atoms with van der Waals surface area (Å²) in [6.45, 7) is 3.92. The third-order valence-corrected chi connectivity index (χ3v) is 4.67. The minimum absolute atomic E-state index is 0.105. The summed E-state index contributed by atoms with van der Waals surface area (Å²) in [5.74, 6) is 1.30. The molecule has 1 amide bonds. The fourth-order valence-corrected chi connectivity index (χ4v) is 3.20. The van der Waals surface area contributed by atoms with E-state index in [9.17, 15) is 4.79 Å². The fourth-order valence-electron chi connectivity index (χ4n) is 3.20. The van der Waals surface area contributed by atoms with Crippen molar-refractivity contribution in [2.24, 2.45) is 0 Å². The van der Waals surface area contributed by atoms with Gasteiger partial charge in [0.05, 0.1) is 26.2 Å². The van der Waals surface area contributed by atoms with Gasteiger partial charge in [-0.15, -0.1) is 10.2 Å². The third kappa shape index (κ3) is 3.65. The number of rotatable bonds is 4. The van der Waals surface area contributed by atoms with Gasteiger partial charge in [-0.3, -0.25) is 4.79 Å². The monoisotopic (exact) mass is 349 g/mol. The maximum atomic E-state index is 12.5. The molecule has 0 unspecified atom stereocenters. The molecule has 1 aliphatic heterocycles. The quantitative estimate of drug-likeness (QED) is 0.771. The second-order valence-corrected chi connectivity index (χ2v) is 6.45. The van der Waals surface area contributed by atoms with Crippen molar-refractivity contribution in [3.8, 4) is 11.5 Å². The van der Waals surface area contributed by atoms with Crippen molar-refractivity contribution in [2.45, 2.75) is 6.54 Å². The molecule has 0 saturated carbocycles. The van der Waals surface area contributed by atoms with Crippen molar-refractivity contribution in [2.75, 3.05) is 26.2 Å². The summed E-state index contributed by atoms with van der Waals surface area (Å²) in [6, 6.07) is 19.2. The van der Waals surface area contributed by atoms with Gasteiger partial charge in [0.15, 0.2) is 6.54 Å². The zero-order valence-electron chi connectivity index (χ0n) is 14.5. The first-order chi connectivity index (χ1) is 12.8. The summed E-state index contributed by atoms with van der Waals surface area (Å²) >= 11 is 0. The van der Waals surface area contributed by atoms with E-state index < -0.39 is 0 Å². The van der Waals surface area contributed by atoms with Crippen LogP contribution in [0.1, 0.15) is 16.2 Å². The number of amides is 1. The second kappa shape index (κ2) is 7.49. The molecule has 26 heavy (non-hydrogen) atoms. The zero-order chi connectivity index (χ0) is 17.8. The molecular formula is C20H21N4O2+. The molecule has 1 N–H and O–H groups in total. The van der Waals surface area contributed by atoms with Crippen molar-refractivity contribution in [3.63, 3.8) is 0 Å². The van der Waals surface area contributed by atoms with Crippen LogP contribution >= 0.6 is 0 Å². The molecule has 1 fully saturated rings. The highest BCUT2D eigenvalue weighted by molar-refractivity contribution is 5.94. The Kier molecular flexibility index (Phi) is 4.75. The number of benzene rings is 2. The standard InChI is InChI=1S/C20H20N4O2/c25-20(17-9-5-2-6-10-17)24-13-11-23(12-14-24)15-18-21-22-19(26-18)16-7-3-1-4-8-16/h1-10H,11-15H2/p+1. The molecule has 0 radical (unpaired) electrons. The first kappa shape index (κ1) is 16.5. The lowest BCUT2D eigenvalue weighted by molar-refractivity contribution is -0.918. The highest BCUT2D eigenvalue weighted by Crippen LogP contribution is 2.16. The Morgan fingerprint density at radius 2 is 1.62 bits per heavy atom. The van der Waals surface area contributed by atoms with Crippen LogP contribution in [-0.4, -0.2) is 47.2 Å². The summed E-state index contributed by atoms with van der Waals surface area (Å²) in [5.41, 5.74) is 1.68. The van der Waals surface area contributed by atoms with Crippen LogP contribution in [0.5, 0.6) is 0 Å². The molecule has 132 valence electrons. The second-order valence-electron chi connectivity index (χ2n) is 6.45. The lowest BCUT2D eigenvalue weighted by atomic mass is 10.2. The molecule has 0 atom stereocenters. The van der Waals surface area contributed by atoms with Crippen LogP contribution in [0, 0.1) is 0 Å². The summed E-state index contributed by atoms with van der Waals surface area (Å²) in [5, 5.41) is 8.31. The Hall–Kier alpha value is -2.99. The molecule has 6 nitrogen and oxygen atoms in total. The van der Waals surface area contributed by atoms with Gasteiger partial charge in [0, 0.05) is 11.1 Å². The SMILES string of the molecule is O=C(c1ccccc1)N1CC[NH+](Cc2nnc(-c3ccccc3)o2)CC1. The number of hydrogen-bond acceptors (Lipinski definition) is 4. The molecule has 0 aliphatic carbocycles. The summed E-state index contributed by atoms with van der Waals surface area (Å²) in [6.07, 6.45) is 0.